The van der Waals surface area contributed by atoms with Crippen LogP contribution in [0.25, 0.3) is 0 Å². The minimum absolute atomic E-state index is 0.0482. The van der Waals surface area contributed by atoms with Crippen LogP contribution in [0.5, 0.6) is 11.5 Å². The van der Waals surface area contributed by atoms with Gasteiger partial charge in [0, 0.05) is 32.5 Å². The Morgan fingerprint density at radius 2 is 1.86 bits per heavy atom. The molecule has 3 rings (SSSR count). The summed E-state index contributed by atoms with van der Waals surface area (Å²) in [5, 5.41) is 0. The number of carbonyl (C=O) groups is 1. The van der Waals surface area contributed by atoms with Crippen LogP contribution in [0.3, 0.4) is 0 Å². The summed E-state index contributed by atoms with van der Waals surface area (Å²) in [6.45, 7) is 1.23. The lowest BCUT2D eigenvalue weighted by Gasteiger charge is -2.29. The third-order valence-electron chi connectivity index (χ3n) is 4.02. The number of aryl methyl sites for hydroxylation is 1. The van der Waals surface area contributed by atoms with Gasteiger partial charge in [0.2, 0.25) is 0 Å². The monoisotopic (exact) mass is 301 g/mol. The van der Waals surface area contributed by atoms with E-state index < -0.39 is 0 Å². The molecule has 0 spiro atoms. The first-order valence-electron chi connectivity index (χ1n) is 7.14. The molecule has 1 aromatic heterocycles. The first-order valence-corrected chi connectivity index (χ1v) is 7.14. The van der Waals surface area contributed by atoms with Crippen molar-refractivity contribution in [3.05, 3.63) is 41.5 Å². The van der Waals surface area contributed by atoms with Crippen molar-refractivity contribution < 1.29 is 14.3 Å². The Hall–Kier alpha value is -2.50. The predicted molar refractivity (Wildman–Crippen MR) is 81.2 cm³/mol. The average Bonchev–Trinajstić information content (AvgIpc) is 2.98. The number of nitrogens with zero attached hydrogens (tertiary/aromatic N) is 3. The van der Waals surface area contributed by atoms with Gasteiger partial charge in [0.05, 0.1) is 14.2 Å². The first kappa shape index (κ1) is 14.4. The number of benzene rings is 1. The van der Waals surface area contributed by atoms with E-state index in [9.17, 15) is 4.79 Å². The Morgan fingerprint density at radius 1 is 1.18 bits per heavy atom. The molecule has 0 atom stereocenters. The standard InChI is InChI=1S/C16H19N3O3/c1-18-7-5-17-15(18)16(20)19-6-4-11-8-13(21-2)14(22-3)9-12(11)10-19/h5,7-9H,4,6,10H2,1-3H3. The van der Waals surface area contributed by atoms with Gasteiger partial charge in [-0.1, -0.05) is 0 Å². The summed E-state index contributed by atoms with van der Waals surface area (Å²) in [6.07, 6.45) is 4.21. The number of hydrogen-bond acceptors (Lipinski definition) is 4. The maximum absolute atomic E-state index is 12.6. The van der Waals surface area contributed by atoms with Crippen molar-refractivity contribution in [3.8, 4) is 11.5 Å². The Kier molecular flexibility index (Phi) is 3.75. The lowest BCUT2D eigenvalue weighted by atomic mass is 9.98. The highest BCUT2D eigenvalue weighted by molar-refractivity contribution is 5.91. The van der Waals surface area contributed by atoms with Gasteiger partial charge in [0.1, 0.15) is 0 Å². The number of amides is 1. The zero-order chi connectivity index (χ0) is 15.7. The van der Waals surface area contributed by atoms with E-state index in [0.29, 0.717) is 24.7 Å². The maximum Gasteiger partial charge on any atom is 0.290 e. The molecule has 0 N–H and O–H groups in total. The molecule has 6 heteroatoms. The second kappa shape index (κ2) is 5.71. The van der Waals surface area contributed by atoms with Crippen LogP contribution in [0, 0.1) is 0 Å². The van der Waals surface area contributed by atoms with E-state index in [1.807, 2.05) is 24.1 Å². The fraction of sp³-hybridized carbons (Fsp3) is 0.375. The average molecular weight is 301 g/mol. The van der Waals surface area contributed by atoms with Crippen molar-refractivity contribution in [1.29, 1.82) is 0 Å². The third-order valence-corrected chi connectivity index (χ3v) is 4.02. The van der Waals surface area contributed by atoms with Gasteiger partial charge < -0.3 is 18.9 Å². The Bertz CT molecular complexity index is 709. The molecule has 1 aliphatic heterocycles. The molecule has 0 unspecified atom stereocenters. The summed E-state index contributed by atoms with van der Waals surface area (Å²) in [7, 11) is 5.07. The van der Waals surface area contributed by atoms with E-state index in [-0.39, 0.29) is 5.91 Å². The highest BCUT2D eigenvalue weighted by atomic mass is 16.5. The summed E-state index contributed by atoms with van der Waals surface area (Å²) in [4.78, 5) is 18.5. The van der Waals surface area contributed by atoms with Gasteiger partial charge in [-0.25, -0.2) is 4.98 Å². The fourth-order valence-electron chi connectivity index (χ4n) is 2.77. The van der Waals surface area contributed by atoms with Crippen molar-refractivity contribution in [2.45, 2.75) is 13.0 Å². The number of aromatic nitrogens is 2. The highest BCUT2D eigenvalue weighted by Gasteiger charge is 2.25. The second-order valence-corrected chi connectivity index (χ2v) is 5.31. The zero-order valence-electron chi connectivity index (χ0n) is 13.0. The minimum atomic E-state index is -0.0482. The second-order valence-electron chi connectivity index (χ2n) is 5.31. The van der Waals surface area contributed by atoms with E-state index >= 15 is 0 Å². The summed E-state index contributed by atoms with van der Waals surface area (Å²) in [5.74, 6) is 1.83. The zero-order valence-corrected chi connectivity index (χ0v) is 13.0. The molecule has 0 saturated heterocycles. The highest BCUT2D eigenvalue weighted by Crippen LogP contribution is 2.33. The van der Waals surface area contributed by atoms with Crippen LogP contribution >= 0.6 is 0 Å². The minimum Gasteiger partial charge on any atom is -0.493 e. The molecule has 1 amide bonds. The van der Waals surface area contributed by atoms with Gasteiger partial charge in [-0.05, 0) is 29.7 Å². The smallest absolute Gasteiger partial charge is 0.290 e. The number of carbonyl (C=O) groups excluding carboxylic acids is 1. The van der Waals surface area contributed by atoms with Crippen molar-refractivity contribution in [3.63, 3.8) is 0 Å². The molecule has 0 aliphatic carbocycles. The fourth-order valence-corrected chi connectivity index (χ4v) is 2.77. The van der Waals surface area contributed by atoms with Crippen LogP contribution in [0.1, 0.15) is 21.7 Å². The molecular weight excluding hydrogens is 282 g/mol. The van der Waals surface area contributed by atoms with E-state index in [1.54, 1.807) is 31.2 Å². The van der Waals surface area contributed by atoms with E-state index in [1.165, 1.54) is 5.56 Å². The van der Waals surface area contributed by atoms with E-state index in [0.717, 1.165) is 17.7 Å². The summed E-state index contributed by atoms with van der Waals surface area (Å²) in [5.41, 5.74) is 2.29. The number of hydrogen-bond donors (Lipinski definition) is 0. The molecule has 0 saturated carbocycles. The Morgan fingerprint density at radius 3 is 2.45 bits per heavy atom. The summed E-state index contributed by atoms with van der Waals surface area (Å²) in [6, 6.07) is 3.95. The third kappa shape index (κ3) is 2.41. The van der Waals surface area contributed by atoms with Crippen molar-refractivity contribution in [1.82, 2.24) is 14.5 Å². The SMILES string of the molecule is COc1cc2c(cc1OC)CN(C(=O)c1nccn1C)CC2. The van der Waals surface area contributed by atoms with Gasteiger partial charge in [-0.2, -0.15) is 0 Å². The van der Waals surface area contributed by atoms with E-state index in [4.69, 9.17) is 9.47 Å². The van der Waals surface area contributed by atoms with Crippen LogP contribution in [-0.2, 0) is 20.0 Å². The summed E-state index contributed by atoms with van der Waals surface area (Å²) >= 11 is 0. The number of imidazole rings is 1. The molecular formula is C16H19N3O3. The Labute approximate surface area is 129 Å². The molecule has 2 heterocycles. The van der Waals surface area contributed by atoms with Crippen LogP contribution in [-0.4, -0.2) is 41.1 Å². The summed E-state index contributed by atoms with van der Waals surface area (Å²) < 4.78 is 12.4. The molecule has 22 heavy (non-hydrogen) atoms. The van der Waals surface area contributed by atoms with Gasteiger partial charge in [-0.3, -0.25) is 4.79 Å². The molecule has 116 valence electrons. The molecule has 0 radical (unpaired) electrons. The van der Waals surface area contributed by atoms with Gasteiger partial charge >= 0.3 is 0 Å². The van der Waals surface area contributed by atoms with Crippen molar-refractivity contribution in [2.75, 3.05) is 20.8 Å². The van der Waals surface area contributed by atoms with Crippen molar-refractivity contribution in [2.24, 2.45) is 7.05 Å². The quantitative estimate of drug-likeness (QED) is 0.865. The molecule has 1 aromatic carbocycles. The van der Waals surface area contributed by atoms with Gasteiger partial charge in [0.25, 0.3) is 5.91 Å². The molecule has 1 aliphatic rings. The molecule has 0 fully saturated rings. The normalized spacial score (nSPS) is 13.7. The number of ether oxygens (including phenoxy) is 2. The predicted octanol–water partition coefficient (Wildman–Crippen LogP) is 1.64. The van der Waals surface area contributed by atoms with Crippen molar-refractivity contribution >= 4 is 5.91 Å². The molecule has 6 nitrogen and oxygen atoms in total. The van der Waals surface area contributed by atoms with Gasteiger partial charge in [-0.15, -0.1) is 0 Å². The Balaban J connectivity index is 1.87. The number of rotatable bonds is 3. The first-order chi connectivity index (χ1) is 10.6. The largest absolute Gasteiger partial charge is 0.493 e. The number of methoxy groups -OCH3 is 2. The lowest BCUT2D eigenvalue weighted by Crippen LogP contribution is -2.37. The number of fused-ring (bicyclic) bond motifs is 1. The van der Waals surface area contributed by atoms with Crippen LogP contribution < -0.4 is 9.47 Å². The topological polar surface area (TPSA) is 56.6 Å². The molecule has 2 aromatic rings. The van der Waals surface area contributed by atoms with E-state index in [2.05, 4.69) is 4.98 Å². The van der Waals surface area contributed by atoms with Crippen LogP contribution in [0.4, 0.5) is 0 Å². The van der Waals surface area contributed by atoms with Crippen LogP contribution in [0.2, 0.25) is 0 Å². The van der Waals surface area contributed by atoms with Gasteiger partial charge in [0.15, 0.2) is 17.3 Å². The van der Waals surface area contributed by atoms with Crippen LogP contribution in [0.15, 0.2) is 24.5 Å². The maximum atomic E-state index is 12.6. The molecule has 0 bridgehead atoms. The lowest BCUT2D eigenvalue weighted by molar-refractivity contribution is 0.0718.